The summed E-state index contributed by atoms with van der Waals surface area (Å²) < 4.78 is 4.95. The van der Waals surface area contributed by atoms with Gasteiger partial charge in [0.1, 0.15) is 11.8 Å². The molecule has 0 amide bonds. The second-order valence-corrected chi connectivity index (χ2v) is 3.29. The molecule has 0 aliphatic rings. The van der Waals surface area contributed by atoms with Gasteiger partial charge in [-0.05, 0) is 24.6 Å². The number of nitrogens with zero attached hydrogens (tertiary/aromatic N) is 1. The van der Waals surface area contributed by atoms with Crippen LogP contribution in [0.25, 0.3) is 0 Å². The van der Waals surface area contributed by atoms with Crippen molar-refractivity contribution in [2.24, 2.45) is 0 Å². The number of rotatable bonds is 3. The minimum atomic E-state index is -1.69. The molecule has 0 saturated carbocycles. The number of carbonyl (C=O) groups is 1. The van der Waals surface area contributed by atoms with Crippen molar-refractivity contribution in [1.82, 2.24) is 0 Å². The Balaban J connectivity index is 3.43. The van der Waals surface area contributed by atoms with Crippen LogP contribution in [0.4, 0.5) is 0 Å². The van der Waals surface area contributed by atoms with Crippen molar-refractivity contribution < 1.29 is 19.7 Å². The molecule has 5 heteroatoms. The Morgan fingerprint density at radius 1 is 1.56 bits per heavy atom. The molecule has 0 aliphatic carbocycles. The van der Waals surface area contributed by atoms with Crippen molar-refractivity contribution in [2.45, 2.75) is 13.0 Å². The summed E-state index contributed by atoms with van der Waals surface area (Å²) in [6.07, 6.45) is -1.69. The zero-order valence-electron chi connectivity index (χ0n) is 8.89. The molecule has 1 aromatic rings. The quantitative estimate of drug-likeness (QED) is 0.794. The number of hydrogen-bond acceptors (Lipinski definition) is 4. The van der Waals surface area contributed by atoms with Crippen LogP contribution >= 0.6 is 0 Å². The minimum absolute atomic E-state index is 0.0894. The van der Waals surface area contributed by atoms with Crippen LogP contribution in [0.1, 0.15) is 22.8 Å². The third kappa shape index (κ3) is 2.12. The van der Waals surface area contributed by atoms with Gasteiger partial charge in [-0.1, -0.05) is 0 Å². The van der Waals surface area contributed by atoms with E-state index in [9.17, 15) is 9.90 Å². The van der Waals surface area contributed by atoms with Crippen molar-refractivity contribution >= 4 is 5.97 Å². The van der Waals surface area contributed by atoms with E-state index in [2.05, 4.69) is 0 Å². The normalized spacial score (nSPS) is 11.6. The zero-order chi connectivity index (χ0) is 12.3. The van der Waals surface area contributed by atoms with Crippen molar-refractivity contribution in [3.63, 3.8) is 0 Å². The number of aliphatic hydroxyl groups is 1. The second-order valence-electron chi connectivity index (χ2n) is 3.29. The number of carboxylic acids is 1. The maximum atomic E-state index is 10.7. The van der Waals surface area contributed by atoms with Crippen molar-refractivity contribution in [1.29, 1.82) is 5.26 Å². The zero-order valence-corrected chi connectivity index (χ0v) is 8.89. The molecule has 1 atom stereocenters. The van der Waals surface area contributed by atoms with Crippen LogP contribution in [0.2, 0.25) is 0 Å². The van der Waals surface area contributed by atoms with Gasteiger partial charge in [-0.2, -0.15) is 5.26 Å². The van der Waals surface area contributed by atoms with E-state index < -0.39 is 12.1 Å². The highest BCUT2D eigenvalue weighted by Gasteiger charge is 2.22. The number of methoxy groups -OCH3 is 1. The van der Waals surface area contributed by atoms with E-state index in [1.165, 1.54) is 13.2 Å². The highest BCUT2D eigenvalue weighted by Crippen LogP contribution is 2.30. The molecule has 1 aromatic carbocycles. The first-order valence-corrected chi connectivity index (χ1v) is 4.50. The molecule has 1 unspecified atom stereocenters. The molecule has 16 heavy (non-hydrogen) atoms. The lowest BCUT2D eigenvalue weighted by Crippen LogP contribution is -2.12. The summed E-state index contributed by atoms with van der Waals surface area (Å²) in [5.74, 6) is -1.28. The summed E-state index contributed by atoms with van der Waals surface area (Å²) >= 11 is 0. The summed E-state index contributed by atoms with van der Waals surface area (Å²) in [6, 6.07) is 4.94. The van der Waals surface area contributed by atoms with Crippen molar-refractivity contribution in [3.8, 4) is 11.8 Å². The first-order chi connectivity index (χ1) is 7.51. The van der Waals surface area contributed by atoms with Gasteiger partial charge in [-0.15, -0.1) is 0 Å². The number of nitriles is 1. The maximum Gasteiger partial charge on any atom is 0.337 e. The number of ether oxygens (including phenoxy) is 1. The molecule has 0 saturated heterocycles. The number of carboxylic acid groups (broad SMARTS) is 1. The third-order valence-electron chi connectivity index (χ3n) is 2.12. The van der Waals surface area contributed by atoms with Gasteiger partial charge < -0.3 is 14.9 Å². The first kappa shape index (κ1) is 12.0. The number of aliphatic hydroxyl groups excluding tert-OH is 1. The average Bonchev–Trinajstić information content (AvgIpc) is 2.26. The monoisotopic (exact) mass is 221 g/mol. The fourth-order valence-electron chi connectivity index (χ4n) is 1.45. The molecule has 0 aliphatic heterocycles. The number of aryl methyl sites for hydroxylation is 1. The summed E-state index contributed by atoms with van der Waals surface area (Å²) in [5.41, 5.74) is 0.983. The van der Waals surface area contributed by atoms with Crippen LogP contribution < -0.4 is 4.74 Å². The topological polar surface area (TPSA) is 90.5 Å². The van der Waals surface area contributed by atoms with Crippen LogP contribution in [-0.2, 0) is 4.79 Å². The van der Waals surface area contributed by atoms with Crippen molar-refractivity contribution in [3.05, 3.63) is 28.8 Å². The number of benzene rings is 1. The molecular weight excluding hydrogens is 210 g/mol. The third-order valence-corrected chi connectivity index (χ3v) is 2.12. The Morgan fingerprint density at radius 3 is 2.62 bits per heavy atom. The van der Waals surface area contributed by atoms with Gasteiger partial charge in [-0.25, -0.2) is 4.79 Å². The predicted octanol–water partition coefficient (Wildman–Crippen LogP) is 0.993. The lowest BCUT2D eigenvalue weighted by atomic mass is 10.0. The average molecular weight is 221 g/mol. The van der Waals surface area contributed by atoms with E-state index in [4.69, 9.17) is 15.1 Å². The molecule has 84 valence electrons. The fourth-order valence-corrected chi connectivity index (χ4v) is 1.45. The molecule has 1 rings (SSSR count). The van der Waals surface area contributed by atoms with Crippen LogP contribution in [0.3, 0.4) is 0 Å². The summed E-state index contributed by atoms with van der Waals surface area (Å²) in [4.78, 5) is 10.7. The lowest BCUT2D eigenvalue weighted by Gasteiger charge is -2.13. The predicted molar refractivity (Wildman–Crippen MR) is 55.0 cm³/mol. The Kier molecular flexibility index (Phi) is 3.48. The van der Waals surface area contributed by atoms with E-state index in [0.29, 0.717) is 5.56 Å². The molecule has 0 bridgehead atoms. The standard InChI is InChI=1S/C11H11NO4/c1-6-3-7(5-12)10(16-2)8(4-6)9(13)11(14)15/h3-4,9,13H,1-2H3,(H,14,15). The van der Waals surface area contributed by atoms with Crippen LogP contribution in [-0.4, -0.2) is 23.3 Å². The SMILES string of the molecule is COc1c(C#N)cc(C)cc1C(O)C(=O)O. The fraction of sp³-hybridized carbons (Fsp3) is 0.273. The Morgan fingerprint density at radius 2 is 2.19 bits per heavy atom. The molecule has 0 aromatic heterocycles. The Labute approximate surface area is 92.5 Å². The van der Waals surface area contributed by atoms with Crippen LogP contribution in [0.5, 0.6) is 5.75 Å². The highest BCUT2D eigenvalue weighted by molar-refractivity contribution is 5.76. The van der Waals surface area contributed by atoms with E-state index in [0.717, 1.165) is 0 Å². The molecule has 0 heterocycles. The Hall–Kier alpha value is -2.06. The summed E-state index contributed by atoms with van der Waals surface area (Å²) in [6.45, 7) is 1.71. The molecule has 5 nitrogen and oxygen atoms in total. The van der Waals surface area contributed by atoms with Gasteiger partial charge in [0.25, 0.3) is 0 Å². The van der Waals surface area contributed by atoms with Crippen LogP contribution in [0.15, 0.2) is 12.1 Å². The van der Waals surface area contributed by atoms with Crippen molar-refractivity contribution in [2.75, 3.05) is 7.11 Å². The number of hydrogen-bond donors (Lipinski definition) is 2. The van der Waals surface area contributed by atoms with Crippen LogP contribution in [0, 0.1) is 18.3 Å². The Bertz CT molecular complexity index is 462. The minimum Gasteiger partial charge on any atom is -0.495 e. The van der Waals surface area contributed by atoms with E-state index >= 15 is 0 Å². The molecule has 2 N–H and O–H groups in total. The summed E-state index contributed by atoms with van der Waals surface area (Å²) in [7, 11) is 1.32. The number of aliphatic carboxylic acids is 1. The highest BCUT2D eigenvalue weighted by atomic mass is 16.5. The van der Waals surface area contributed by atoms with E-state index in [-0.39, 0.29) is 16.9 Å². The second kappa shape index (κ2) is 4.64. The molecule has 0 spiro atoms. The van der Waals surface area contributed by atoms with Gasteiger partial charge in [0.05, 0.1) is 12.7 Å². The smallest absolute Gasteiger partial charge is 0.337 e. The van der Waals surface area contributed by atoms with Gasteiger partial charge in [0.2, 0.25) is 0 Å². The van der Waals surface area contributed by atoms with Gasteiger partial charge in [0, 0.05) is 5.56 Å². The summed E-state index contributed by atoms with van der Waals surface area (Å²) in [5, 5.41) is 27.0. The van der Waals surface area contributed by atoms with E-state index in [1.54, 1.807) is 13.0 Å². The van der Waals surface area contributed by atoms with Gasteiger partial charge in [-0.3, -0.25) is 0 Å². The molecular formula is C11H11NO4. The molecule has 0 fully saturated rings. The molecule has 0 radical (unpaired) electrons. The maximum absolute atomic E-state index is 10.7. The first-order valence-electron chi connectivity index (χ1n) is 4.50. The largest absolute Gasteiger partial charge is 0.495 e. The van der Waals surface area contributed by atoms with E-state index in [1.807, 2.05) is 6.07 Å². The van der Waals surface area contributed by atoms with Gasteiger partial charge in [0.15, 0.2) is 6.10 Å². The van der Waals surface area contributed by atoms with Gasteiger partial charge >= 0.3 is 5.97 Å². The lowest BCUT2D eigenvalue weighted by molar-refractivity contribution is -0.147.